The van der Waals surface area contributed by atoms with Crippen LogP contribution in [-0.4, -0.2) is 51.3 Å². The average molecular weight is 404 g/mol. The van der Waals surface area contributed by atoms with Crippen LogP contribution >= 0.6 is 0 Å². The molecule has 6 heteroatoms. The second-order valence-corrected chi connectivity index (χ2v) is 8.63. The van der Waals surface area contributed by atoms with Crippen molar-refractivity contribution in [2.24, 2.45) is 5.92 Å². The number of hydrogen-bond acceptors (Lipinski definition) is 4. The summed E-state index contributed by atoms with van der Waals surface area (Å²) in [5.41, 5.74) is 4.42. The fraction of sp³-hybridized carbons (Fsp3) is 0.565. The molecule has 3 atom stereocenters. The number of aromatic hydroxyl groups is 1. The highest BCUT2D eigenvalue weighted by molar-refractivity contribution is 5.75. The van der Waals surface area contributed by atoms with Gasteiger partial charge >= 0.3 is 11.9 Å². The molecule has 1 aromatic carbocycles. The van der Waals surface area contributed by atoms with Crippen LogP contribution in [0.5, 0.6) is 5.75 Å². The maximum Gasteiger partial charge on any atom is 0.303 e. The van der Waals surface area contributed by atoms with Crippen molar-refractivity contribution in [1.82, 2.24) is 4.90 Å². The minimum Gasteiger partial charge on any atom is -0.508 e. The van der Waals surface area contributed by atoms with E-state index in [1.807, 2.05) is 12.1 Å². The van der Waals surface area contributed by atoms with E-state index in [2.05, 4.69) is 44.7 Å². The predicted octanol–water partition coefficient (Wildman–Crippen LogP) is 3.82. The molecule has 160 valence electrons. The van der Waals surface area contributed by atoms with Crippen molar-refractivity contribution in [3.63, 3.8) is 0 Å². The van der Waals surface area contributed by atoms with Crippen molar-refractivity contribution in [1.29, 1.82) is 0 Å². The van der Waals surface area contributed by atoms with Gasteiger partial charge in [-0.15, -0.1) is 0 Å². The van der Waals surface area contributed by atoms with E-state index in [1.54, 1.807) is 0 Å². The molecule has 1 aliphatic heterocycles. The molecule has 2 bridgehead atoms. The fourth-order valence-corrected chi connectivity index (χ4v) is 4.44. The maximum atomic E-state index is 9.87. The van der Waals surface area contributed by atoms with Crippen molar-refractivity contribution in [3.8, 4) is 5.75 Å². The van der Waals surface area contributed by atoms with E-state index in [0.717, 1.165) is 19.5 Å². The Morgan fingerprint density at radius 1 is 1.21 bits per heavy atom. The summed E-state index contributed by atoms with van der Waals surface area (Å²) in [5, 5.41) is 25.7. The van der Waals surface area contributed by atoms with Crippen LogP contribution in [0.3, 0.4) is 0 Å². The molecule has 0 radical (unpaired) electrons. The number of phenols is 1. The summed E-state index contributed by atoms with van der Waals surface area (Å²) < 4.78 is 0. The van der Waals surface area contributed by atoms with Crippen molar-refractivity contribution in [3.05, 3.63) is 41.0 Å². The van der Waals surface area contributed by atoms with Crippen molar-refractivity contribution in [2.75, 3.05) is 13.1 Å². The van der Waals surface area contributed by atoms with Crippen molar-refractivity contribution in [2.45, 2.75) is 64.8 Å². The highest BCUT2D eigenvalue weighted by atomic mass is 16.4. The van der Waals surface area contributed by atoms with Gasteiger partial charge in [0.25, 0.3) is 0 Å². The molecule has 0 saturated carbocycles. The van der Waals surface area contributed by atoms with Crippen LogP contribution in [-0.2, 0) is 21.4 Å². The van der Waals surface area contributed by atoms with E-state index in [1.165, 1.54) is 23.1 Å². The second-order valence-electron chi connectivity index (χ2n) is 8.63. The molecule has 1 saturated heterocycles. The Morgan fingerprint density at radius 3 is 2.38 bits per heavy atom. The Kier molecular flexibility index (Phi) is 7.47. The van der Waals surface area contributed by atoms with Gasteiger partial charge in [0.1, 0.15) is 5.75 Å². The topological polar surface area (TPSA) is 98.1 Å². The summed E-state index contributed by atoms with van der Waals surface area (Å²) in [6.45, 7) is 11.4. The normalized spacial score (nSPS) is 25.2. The molecule has 1 aromatic rings. The molecule has 2 unspecified atom stereocenters. The zero-order valence-corrected chi connectivity index (χ0v) is 17.8. The van der Waals surface area contributed by atoms with Crippen LogP contribution in [0.15, 0.2) is 29.8 Å². The SMILES string of the molecule is CC(C)=CCN1CC[C@@]2(C)c3cc(O)ccc3CC1C2C.O=C(O)CCC(=O)O. The Hall–Kier alpha value is -2.34. The van der Waals surface area contributed by atoms with Crippen LogP contribution in [0, 0.1) is 5.92 Å². The molecule has 3 rings (SSSR count). The molecule has 0 amide bonds. The first kappa shape index (κ1) is 22.9. The summed E-state index contributed by atoms with van der Waals surface area (Å²) in [4.78, 5) is 21.9. The zero-order valence-electron chi connectivity index (χ0n) is 17.8. The number of carboxylic acids is 2. The van der Waals surface area contributed by atoms with E-state index in [-0.39, 0.29) is 18.3 Å². The fourth-order valence-electron chi connectivity index (χ4n) is 4.44. The lowest BCUT2D eigenvalue weighted by atomic mass is 9.59. The van der Waals surface area contributed by atoms with Crippen molar-refractivity contribution < 1.29 is 24.9 Å². The first-order valence-electron chi connectivity index (χ1n) is 10.2. The molecule has 2 aliphatic rings. The second kappa shape index (κ2) is 9.44. The number of aliphatic carboxylic acids is 2. The minimum absolute atomic E-state index is 0.207. The van der Waals surface area contributed by atoms with Crippen LogP contribution in [0.2, 0.25) is 0 Å². The van der Waals surface area contributed by atoms with E-state index >= 15 is 0 Å². The highest BCUT2D eigenvalue weighted by Crippen LogP contribution is 2.49. The van der Waals surface area contributed by atoms with Crippen LogP contribution in [0.25, 0.3) is 0 Å². The predicted molar refractivity (Wildman–Crippen MR) is 112 cm³/mol. The number of carbonyl (C=O) groups is 2. The third-order valence-electron chi connectivity index (χ3n) is 6.39. The van der Waals surface area contributed by atoms with E-state index < -0.39 is 11.9 Å². The molecule has 0 aromatic heterocycles. The van der Waals surface area contributed by atoms with Gasteiger partial charge in [-0.2, -0.15) is 0 Å². The number of carboxylic acid groups (broad SMARTS) is 2. The van der Waals surface area contributed by atoms with Gasteiger partial charge in [0.2, 0.25) is 0 Å². The number of fused-ring (bicyclic) bond motifs is 4. The van der Waals surface area contributed by atoms with Crippen molar-refractivity contribution >= 4 is 11.9 Å². The Bertz CT molecular complexity index is 769. The molecule has 6 nitrogen and oxygen atoms in total. The van der Waals surface area contributed by atoms with Gasteiger partial charge in [-0.05, 0) is 67.8 Å². The van der Waals surface area contributed by atoms with Crippen LogP contribution < -0.4 is 0 Å². The average Bonchev–Trinajstić information content (AvgIpc) is 2.63. The Balaban J connectivity index is 0.000000321. The number of piperidine rings is 1. The number of hydrogen-bond donors (Lipinski definition) is 3. The third kappa shape index (κ3) is 5.60. The number of nitrogens with zero attached hydrogens (tertiary/aromatic N) is 1. The first-order valence-corrected chi connectivity index (χ1v) is 10.2. The van der Waals surface area contributed by atoms with Crippen LogP contribution in [0.1, 0.15) is 58.1 Å². The first-order chi connectivity index (χ1) is 13.5. The summed E-state index contributed by atoms with van der Waals surface area (Å²) in [6, 6.07) is 6.60. The summed E-state index contributed by atoms with van der Waals surface area (Å²) in [6.07, 6.45) is 4.05. The Morgan fingerprint density at radius 2 is 1.83 bits per heavy atom. The number of allylic oxidation sites excluding steroid dienone is 1. The van der Waals surface area contributed by atoms with Gasteiger partial charge in [-0.25, -0.2) is 0 Å². The summed E-state index contributed by atoms with van der Waals surface area (Å²) in [5.74, 6) is -1.11. The largest absolute Gasteiger partial charge is 0.508 e. The summed E-state index contributed by atoms with van der Waals surface area (Å²) >= 11 is 0. The minimum atomic E-state index is -1.08. The highest BCUT2D eigenvalue weighted by Gasteiger charge is 2.48. The van der Waals surface area contributed by atoms with Gasteiger partial charge in [-0.3, -0.25) is 14.5 Å². The molecular formula is C23H33NO5. The molecule has 0 spiro atoms. The lowest BCUT2D eigenvalue weighted by molar-refractivity contribution is -0.143. The monoisotopic (exact) mass is 403 g/mol. The zero-order chi connectivity index (χ0) is 21.8. The van der Waals surface area contributed by atoms with Gasteiger partial charge in [0.05, 0.1) is 12.8 Å². The number of likely N-dealkylation sites (tertiary alicyclic amines) is 1. The number of benzene rings is 1. The van der Waals surface area contributed by atoms with Gasteiger partial charge in [0.15, 0.2) is 0 Å². The molecular weight excluding hydrogens is 370 g/mol. The molecule has 1 heterocycles. The van der Waals surface area contributed by atoms with Gasteiger partial charge in [0, 0.05) is 12.6 Å². The lowest BCUT2D eigenvalue weighted by Crippen LogP contribution is -2.57. The number of phenolic OH excluding ortho intramolecular Hbond substituents is 1. The van der Waals surface area contributed by atoms with Gasteiger partial charge < -0.3 is 15.3 Å². The van der Waals surface area contributed by atoms with E-state index in [0.29, 0.717) is 17.7 Å². The molecule has 1 aliphatic carbocycles. The van der Waals surface area contributed by atoms with E-state index in [4.69, 9.17) is 10.2 Å². The maximum absolute atomic E-state index is 9.87. The third-order valence-corrected chi connectivity index (χ3v) is 6.39. The quantitative estimate of drug-likeness (QED) is 0.647. The molecule has 1 fully saturated rings. The smallest absolute Gasteiger partial charge is 0.303 e. The standard InChI is InChI=1S/C19H27NO.C4H6O4/c1-13(2)7-9-20-10-8-19(4)14(3)18(20)11-15-5-6-16(21)12-17(15)19;5-3(6)1-2-4(7)8/h5-7,12,14,18,21H,8-11H2,1-4H3;1-2H2,(H,5,6)(H,7,8)/t14?,18?,19-;/m1./s1. The molecule has 29 heavy (non-hydrogen) atoms. The summed E-state index contributed by atoms with van der Waals surface area (Å²) in [7, 11) is 0. The lowest BCUT2D eigenvalue weighted by Gasteiger charge is -2.54. The Labute approximate surface area is 172 Å². The van der Waals surface area contributed by atoms with Crippen LogP contribution in [0.4, 0.5) is 0 Å². The van der Waals surface area contributed by atoms with E-state index in [9.17, 15) is 14.7 Å². The van der Waals surface area contributed by atoms with Gasteiger partial charge in [-0.1, -0.05) is 31.6 Å². The molecule has 3 N–H and O–H groups in total. The number of rotatable bonds is 5.